The fraction of sp³-hybridized carbons (Fsp3) is 0.393. The molecule has 1 aliphatic rings. The number of aromatic nitrogens is 1. The average Bonchev–Trinajstić information content (AvgIpc) is 3.32. The molecule has 3 aromatic rings. The third kappa shape index (κ3) is 5.77. The molecule has 0 aliphatic carbocycles. The minimum atomic E-state index is -0.881. The second kappa shape index (κ2) is 10.6. The first kappa shape index (κ1) is 26.2. The van der Waals surface area contributed by atoms with Gasteiger partial charge in [0, 0.05) is 30.5 Å². The van der Waals surface area contributed by atoms with Crippen molar-refractivity contribution in [3.63, 3.8) is 0 Å². The van der Waals surface area contributed by atoms with E-state index >= 15 is 0 Å². The van der Waals surface area contributed by atoms with Crippen LogP contribution >= 0.6 is 0 Å². The predicted molar refractivity (Wildman–Crippen MR) is 143 cm³/mol. The van der Waals surface area contributed by atoms with Crippen LogP contribution in [-0.4, -0.2) is 72.5 Å². The van der Waals surface area contributed by atoms with E-state index in [0.29, 0.717) is 31.6 Å². The number of aromatic amines is 1. The lowest BCUT2D eigenvalue weighted by Gasteiger charge is -2.16. The fourth-order valence-electron chi connectivity index (χ4n) is 4.55. The van der Waals surface area contributed by atoms with Crippen molar-refractivity contribution < 1.29 is 19.1 Å². The number of carbonyl (C=O) groups is 3. The zero-order chi connectivity index (χ0) is 26.7. The molecule has 0 bridgehead atoms. The van der Waals surface area contributed by atoms with Crippen LogP contribution in [0.3, 0.4) is 0 Å². The van der Waals surface area contributed by atoms with Crippen molar-refractivity contribution in [3.05, 3.63) is 64.8 Å². The molecule has 196 valence electrons. The first-order valence-corrected chi connectivity index (χ1v) is 12.4. The Kier molecular flexibility index (Phi) is 7.54. The van der Waals surface area contributed by atoms with Crippen LogP contribution in [0.1, 0.15) is 41.0 Å². The highest BCUT2D eigenvalue weighted by Gasteiger charge is 2.43. The number of methoxy groups -OCH3 is 1. The van der Waals surface area contributed by atoms with Crippen molar-refractivity contribution in [2.45, 2.75) is 38.8 Å². The zero-order valence-corrected chi connectivity index (χ0v) is 22.1. The van der Waals surface area contributed by atoms with E-state index in [1.165, 1.54) is 4.90 Å². The Hall–Kier alpha value is -3.85. The Morgan fingerprint density at radius 1 is 1.08 bits per heavy atom. The van der Waals surface area contributed by atoms with Crippen LogP contribution < -0.4 is 15.4 Å². The van der Waals surface area contributed by atoms with Gasteiger partial charge in [-0.25, -0.2) is 4.79 Å². The second-order valence-corrected chi connectivity index (χ2v) is 10.2. The normalized spacial score (nSPS) is 14.9. The van der Waals surface area contributed by atoms with E-state index in [2.05, 4.69) is 26.6 Å². The first-order valence-electron chi connectivity index (χ1n) is 12.4. The topological polar surface area (TPSA) is 107 Å². The van der Waals surface area contributed by atoms with E-state index in [4.69, 9.17) is 4.74 Å². The minimum Gasteiger partial charge on any atom is -0.497 e. The summed E-state index contributed by atoms with van der Waals surface area (Å²) in [5.41, 5.74) is 3.43. The molecule has 0 spiro atoms. The van der Waals surface area contributed by atoms with Gasteiger partial charge in [0.15, 0.2) is 0 Å². The Labute approximate surface area is 217 Å². The van der Waals surface area contributed by atoms with Gasteiger partial charge in [-0.2, -0.15) is 0 Å². The molecule has 3 N–H and O–H groups in total. The van der Waals surface area contributed by atoms with Crippen molar-refractivity contribution >= 4 is 28.7 Å². The molecule has 0 atom stereocenters. The van der Waals surface area contributed by atoms with Gasteiger partial charge in [-0.15, -0.1) is 0 Å². The fourth-order valence-corrected chi connectivity index (χ4v) is 4.55. The van der Waals surface area contributed by atoms with Crippen LogP contribution in [-0.2, 0) is 24.2 Å². The minimum absolute atomic E-state index is 0.170. The van der Waals surface area contributed by atoms with Crippen molar-refractivity contribution in [1.82, 2.24) is 25.4 Å². The summed E-state index contributed by atoms with van der Waals surface area (Å²) in [5, 5.41) is 6.71. The van der Waals surface area contributed by atoms with E-state index in [0.717, 1.165) is 39.9 Å². The van der Waals surface area contributed by atoms with Crippen LogP contribution in [0, 0.1) is 0 Å². The highest BCUT2D eigenvalue weighted by molar-refractivity contribution is 6.06. The molecule has 2 aromatic carbocycles. The monoisotopic (exact) mass is 505 g/mol. The summed E-state index contributed by atoms with van der Waals surface area (Å²) in [6.45, 7) is 4.87. The van der Waals surface area contributed by atoms with Crippen LogP contribution in [0.2, 0.25) is 0 Å². The molecule has 1 saturated heterocycles. The molecule has 0 saturated carbocycles. The number of H-pyrrole nitrogens is 1. The standard InChI is InChI=1S/C28H35N5O4/c1-28(2)26(35)33(27(36)31-28)14-11-18-9-10-23-22(16-18)21(12-13-32(3)4)24(30-23)25(34)29-17-19-7-6-8-20(15-19)37-5/h6-10,15-16,30H,11-14,17H2,1-5H3,(H,29,34)(H,31,36). The smallest absolute Gasteiger partial charge is 0.325 e. The lowest BCUT2D eigenvalue weighted by molar-refractivity contribution is -0.130. The quantitative estimate of drug-likeness (QED) is 0.367. The van der Waals surface area contributed by atoms with Crippen LogP contribution in [0.25, 0.3) is 10.9 Å². The molecule has 1 fully saturated rings. The van der Waals surface area contributed by atoms with Crippen LogP contribution in [0.4, 0.5) is 4.79 Å². The first-order chi connectivity index (χ1) is 17.6. The third-order valence-corrected chi connectivity index (χ3v) is 6.66. The number of likely N-dealkylation sites (N-methyl/N-ethyl adjacent to an activating group) is 1. The van der Waals surface area contributed by atoms with Crippen molar-refractivity contribution in [2.24, 2.45) is 0 Å². The molecule has 4 amide bonds. The molecular formula is C28H35N5O4. The van der Waals surface area contributed by atoms with E-state index in [9.17, 15) is 14.4 Å². The predicted octanol–water partition coefficient (Wildman–Crippen LogP) is 3.08. The second-order valence-electron chi connectivity index (χ2n) is 10.2. The van der Waals surface area contributed by atoms with Gasteiger partial charge in [-0.05, 0) is 81.7 Å². The van der Waals surface area contributed by atoms with Gasteiger partial charge in [0.05, 0.1) is 7.11 Å². The Balaban J connectivity index is 1.55. The number of benzene rings is 2. The zero-order valence-electron chi connectivity index (χ0n) is 22.1. The van der Waals surface area contributed by atoms with Gasteiger partial charge < -0.3 is 25.3 Å². The number of hydrogen-bond acceptors (Lipinski definition) is 5. The Bertz CT molecular complexity index is 1330. The number of nitrogens with zero attached hydrogens (tertiary/aromatic N) is 2. The van der Waals surface area contributed by atoms with Gasteiger partial charge in [0.25, 0.3) is 11.8 Å². The summed E-state index contributed by atoms with van der Waals surface area (Å²) in [6, 6.07) is 13.2. The summed E-state index contributed by atoms with van der Waals surface area (Å²) < 4.78 is 5.28. The highest BCUT2D eigenvalue weighted by atomic mass is 16.5. The number of hydrogen-bond donors (Lipinski definition) is 3. The molecule has 1 aliphatic heterocycles. The van der Waals surface area contributed by atoms with E-state index in [1.54, 1.807) is 21.0 Å². The molecule has 4 rings (SSSR count). The summed E-state index contributed by atoms with van der Waals surface area (Å²) >= 11 is 0. The van der Waals surface area contributed by atoms with Gasteiger partial charge in [-0.1, -0.05) is 18.2 Å². The molecular weight excluding hydrogens is 470 g/mol. The maximum atomic E-state index is 13.2. The van der Waals surface area contributed by atoms with Gasteiger partial charge in [-0.3, -0.25) is 14.5 Å². The molecule has 37 heavy (non-hydrogen) atoms. The molecule has 1 aromatic heterocycles. The van der Waals surface area contributed by atoms with Crippen molar-refractivity contribution in [3.8, 4) is 5.75 Å². The van der Waals surface area contributed by atoms with Crippen molar-refractivity contribution in [2.75, 3.05) is 34.3 Å². The lowest BCUT2D eigenvalue weighted by atomic mass is 10.0. The number of nitrogens with one attached hydrogen (secondary N) is 3. The molecule has 9 heteroatoms. The summed E-state index contributed by atoms with van der Waals surface area (Å²) in [4.78, 5) is 44.7. The number of amides is 4. The Morgan fingerprint density at radius 3 is 2.54 bits per heavy atom. The number of rotatable bonds is 10. The summed E-state index contributed by atoms with van der Waals surface area (Å²) in [7, 11) is 5.62. The van der Waals surface area contributed by atoms with Crippen LogP contribution in [0.5, 0.6) is 5.75 Å². The lowest BCUT2D eigenvalue weighted by Crippen LogP contribution is -2.40. The summed E-state index contributed by atoms with van der Waals surface area (Å²) in [6.07, 6.45) is 1.22. The van der Waals surface area contributed by atoms with E-state index in [-0.39, 0.29) is 17.8 Å². The largest absolute Gasteiger partial charge is 0.497 e. The molecule has 9 nitrogen and oxygen atoms in total. The number of ether oxygens (including phenoxy) is 1. The molecule has 0 unspecified atom stereocenters. The third-order valence-electron chi connectivity index (χ3n) is 6.66. The number of imide groups is 1. The van der Waals surface area contributed by atoms with Gasteiger partial charge >= 0.3 is 6.03 Å². The average molecular weight is 506 g/mol. The van der Waals surface area contributed by atoms with Crippen molar-refractivity contribution in [1.29, 1.82) is 0 Å². The maximum Gasteiger partial charge on any atom is 0.325 e. The summed E-state index contributed by atoms with van der Waals surface area (Å²) in [5.74, 6) is 0.353. The van der Waals surface area contributed by atoms with Gasteiger partial charge in [0.2, 0.25) is 0 Å². The number of urea groups is 1. The molecule has 2 heterocycles. The Morgan fingerprint density at radius 2 is 1.86 bits per heavy atom. The number of carbonyl (C=O) groups excluding carboxylic acids is 3. The van der Waals surface area contributed by atoms with Gasteiger partial charge in [0.1, 0.15) is 17.0 Å². The molecule has 0 radical (unpaired) electrons. The maximum absolute atomic E-state index is 13.2. The van der Waals surface area contributed by atoms with E-state index < -0.39 is 5.54 Å². The highest BCUT2D eigenvalue weighted by Crippen LogP contribution is 2.26. The van der Waals surface area contributed by atoms with E-state index in [1.807, 2.05) is 50.5 Å². The van der Waals surface area contributed by atoms with Crippen LogP contribution in [0.15, 0.2) is 42.5 Å². The SMILES string of the molecule is COc1cccc(CNC(=O)c2[nH]c3ccc(CCN4C(=O)NC(C)(C)C4=O)cc3c2CCN(C)C)c1. The number of fused-ring (bicyclic) bond motifs is 1.